The highest BCUT2D eigenvalue weighted by atomic mass is 16.4. The third-order valence-electron chi connectivity index (χ3n) is 3.04. The lowest BCUT2D eigenvalue weighted by atomic mass is 10.1. The first-order valence-corrected chi connectivity index (χ1v) is 6.04. The maximum absolute atomic E-state index is 12.2. The number of carboxylic acids is 1. The van der Waals surface area contributed by atoms with Crippen LogP contribution in [0.4, 0.5) is 0 Å². The number of phenols is 2. The third-order valence-corrected chi connectivity index (χ3v) is 3.04. The number of carboxylic acid groups (broad SMARTS) is 1. The van der Waals surface area contributed by atoms with Crippen molar-refractivity contribution in [3.05, 3.63) is 23.8 Å². The van der Waals surface area contributed by atoms with E-state index in [-0.39, 0.29) is 42.0 Å². The summed E-state index contributed by atoms with van der Waals surface area (Å²) in [6, 6.07) is 3.93. The van der Waals surface area contributed by atoms with Gasteiger partial charge in [-0.25, -0.2) is 0 Å². The van der Waals surface area contributed by atoms with Gasteiger partial charge in [-0.3, -0.25) is 9.59 Å². The zero-order chi connectivity index (χ0) is 14.0. The van der Waals surface area contributed by atoms with E-state index in [1.807, 2.05) is 0 Å². The lowest BCUT2D eigenvalue weighted by Gasteiger charge is -2.21. The summed E-state index contributed by atoms with van der Waals surface area (Å²) in [6.07, 6.45) is 1.64. The topological polar surface area (TPSA) is 98.1 Å². The number of amides is 1. The van der Waals surface area contributed by atoms with Crippen LogP contribution >= 0.6 is 0 Å². The number of benzene rings is 1. The van der Waals surface area contributed by atoms with E-state index in [1.165, 1.54) is 23.1 Å². The second-order valence-corrected chi connectivity index (χ2v) is 4.58. The molecule has 0 spiro atoms. The molecule has 102 valence electrons. The van der Waals surface area contributed by atoms with E-state index >= 15 is 0 Å². The van der Waals surface area contributed by atoms with E-state index in [9.17, 15) is 19.8 Å². The van der Waals surface area contributed by atoms with E-state index in [2.05, 4.69) is 0 Å². The van der Waals surface area contributed by atoms with Gasteiger partial charge in [0.2, 0.25) is 0 Å². The highest BCUT2D eigenvalue weighted by Gasteiger charge is 2.33. The van der Waals surface area contributed by atoms with Crippen molar-refractivity contribution in [2.24, 2.45) is 0 Å². The summed E-state index contributed by atoms with van der Waals surface area (Å²) >= 11 is 0. The van der Waals surface area contributed by atoms with E-state index in [0.717, 1.165) is 12.8 Å². The van der Waals surface area contributed by atoms with Crippen LogP contribution in [-0.4, -0.2) is 44.7 Å². The van der Waals surface area contributed by atoms with Gasteiger partial charge in [0.15, 0.2) is 11.5 Å². The van der Waals surface area contributed by atoms with Gasteiger partial charge in [0.05, 0.1) is 6.42 Å². The van der Waals surface area contributed by atoms with Gasteiger partial charge in [0, 0.05) is 18.2 Å². The van der Waals surface area contributed by atoms with Crippen molar-refractivity contribution in [1.82, 2.24) is 4.90 Å². The van der Waals surface area contributed by atoms with Crippen LogP contribution in [0.3, 0.4) is 0 Å². The first-order valence-electron chi connectivity index (χ1n) is 6.04. The molecule has 0 aromatic heterocycles. The van der Waals surface area contributed by atoms with Gasteiger partial charge in [0.25, 0.3) is 5.91 Å². The van der Waals surface area contributed by atoms with Crippen molar-refractivity contribution in [2.45, 2.75) is 25.3 Å². The number of carbonyl (C=O) groups is 2. The zero-order valence-corrected chi connectivity index (χ0v) is 10.2. The second kappa shape index (κ2) is 5.17. The maximum Gasteiger partial charge on any atom is 0.305 e. The molecular weight excluding hydrogens is 250 g/mol. The van der Waals surface area contributed by atoms with E-state index < -0.39 is 5.97 Å². The highest BCUT2D eigenvalue weighted by Crippen LogP contribution is 2.30. The van der Waals surface area contributed by atoms with Crippen LogP contribution in [0.25, 0.3) is 0 Å². The zero-order valence-electron chi connectivity index (χ0n) is 10.2. The smallest absolute Gasteiger partial charge is 0.305 e. The first kappa shape index (κ1) is 13.2. The average Bonchev–Trinajstić information content (AvgIpc) is 3.16. The minimum absolute atomic E-state index is 0.0859. The summed E-state index contributed by atoms with van der Waals surface area (Å²) in [5.41, 5.74) is 0.243. The molecule has 1 fully saturated rings. The minimum Gasteiger partial charge on any atom is -0.504 e. The monoisotopic (exact) mass is 265 g/mol. The molecule has 19 heavy (non-hydrogen) atoms. The van der Waals surface area contributed by atoms with E-state index in [0.29, 0.717) is 0 Å². The predicted molar refractivity (Wildman–Crippen MR) is 66.1 cm³/mol. The van der Waals surface area contributed by atoms with Crippen molar-refractivity contribution in [2.75, 3.05) is 6.54 Å². The first-order chi connectivity index (χ1) is 8.99. The molecule has 0 saturated heterocycles. The Labute approximate surface area is 109 Å². The van der Waals surface area contributed by atoms with Crippen molar-refractivity contribution in [1.29, 1.82) is 0 Å². The number of hydrogen-bond acceptors (Lipinski definition) is 4. The maximum atomic E-state index is 12.2. The van der Waals surface area contributed by atoms with Crippen LogP contribution in [-0.2, 0) is 4.79 Å². The fourth-order valence-corrected chi connectivity index (χ4v) is 1.87. The number of rotatable bonds is 5. The van der Waals surface area contributed by atoms with Crippen molar-refractivity contribution >= 4 is 11.9 Å². The van der Waals surface area contributed by atoms with Crippen LogP contribution < -0.4 is 0 Å². The molecule has 0 unspecified atom stereocenters. The van der Waals surface area contributed by atoms with Gasteiger partial charge in [-0.05, 0) is 31.0 Å². The molecule has 1 amide bonds. The van der Waals surface area contributed by atoms with E-state index in [4.69, 9.17) is 5.11 Å². The van der Waals surface area contributed by atoms with Gasteiger partial charge in [-0.2, -0.15) is 0 Å². The van der Waals surface area contributed by atoms with Crippen LogP contribution in [0.15, 0.2) is 18.2 Å². The molecule has 1 aliphatic rings. The van der Waals surface area contributed by atoms with Crippen LogP contribution in [0, 0.1) is 0 Å². The van der Waals surface area contributed by atoms with Gasteiger partial charge in [-0.1, -0.05) is 0 Å². The van der Waals surface area contributed by atoms with Gasteiger partial charge < -0.3 is 20.2 Å². The van der Waals surface area contributed by atoms with Crippen molar-refractivity contribution in [3.63, 3.8) is 0 Å². The largest absolute Gasteiger partial charge is 0.504 e. The Hall–Kier alpha value is -2.24. The Balaban J connectivity index is 2.14. The van der Waals surface area contributed by atoms with Crippen LogP contribution in [0.5, 0.6) is 11.5 Å². The Morgan fingerprint density at radius 1 is 1.21 bits per heavy atom. The van der Waals surface area contributed by atoms with Crippen LogP contribution in [0.1, 0.15) is 29.6 Å². The van der Waals surface area contributed by atoms with Crippen LogP contribution in [0.2, 0.25) is 0 Å². The Morgan fingerprint density at radius 2 is 1.89 bits per heavy atom. The molecule has 0 bridgehead atoms. The molecule has 6 nitrogen and oxygen atoms in total. The third kappa shape index (κ3) is 3.15. The number of aliphatic carboxylic acids is 1. The molecule has 1 aliphatic carbocycles. The molecule has 2 rings (SSSR count). The summed E-state index contributed by atoms with van der Waals surface area (Å²) in [6.45, 7) is 0.153. The lowest BCUT2D eigenvalue weighted by Crippen LogP contribution is -2.34. The predicted octanol–water partition coefficient (Wildman–Crippen LogP) is 1.18. The summed E-state index contributed by atoms with van der Waals surface area (Å²) in [5, 5.41) is 27.3. The summed E-state index contributed by atoms with van der Waals surface area (Å²) < 4.78 is 0. The second-order valence-electron chi connectivity index (χ2n) is 4.58. The van der Waals surface area contributed by atoms with Gasteiger partial charge >= 0.3 is 5.97 Å². The fourth-order valence-electron chi connectivity index (χ4n) is 1.87. The van der Waals surface area contributed by atoms with Crippen molar-refractivity contribution < 1.29 is 24.9 Å². The number of nitrogens with zero attached hydrogens (tertiary/aromatic N) is 1. The molecule has 0 aliphatic heterocycles. The fraction of sp³-hybridized carbons (Fsp3) is 0.385. The number of phenolic OH excluding ortho intramolecular Hbond substituents is 2. The molecule has 0 heterocycles. The SMILES string of the molecule is O=C(O)CCN(C(=O)c1ccc(O)c(O)c1)C1CC1. The molecule has 1 aromatic rings. The molecule has 3 N–H and O–H groups in total. The molecule has 0 radical (unpaired) electrons. The molecule has 0 atom stereocenters. The molecule has 6 heteroatoms. The highest BCUT2D eigenvalue weighted by molar-refractivity contribution is 5.95. The Bertz CT molecular complexity index is 510. The summed E-state index contributed by atoms with van der Waals surface area (Å²) in [5.74, 6) is -1.93. The summed E-state index contributed by atoms with van der Waals surface area (Å²) in [4.78, 5) is 24.4. The Kier molecular flexibility index (Phi) is 3.59. The normalized spacial score (nSPS) is 14.1. The number of aromatic hydroxyl groups is 2. The number of hydrogen-bond donors (Lipinski definition) is 3. The quantitative estimate of drug-likeness (QED) is 0.694. The Morgan fingerprint density at radius 3 is 2.42 bits per heavy atom. The number of carbonyl (C=O) groups excluding carboxylic acids is 1. The standard InChI is InChI=1S/C13H15NO5/c15-10-4-1-8(7-11(10)16)13(19)14(9-2-3-9)6-5-12(17)18/h1,4,7,9,15-16H,2-3,5-6H2,(H,17,18). The van der Waals surface area contributed by atoms with Crippen molar-refractivity contribution in [3.8, 4) is 11.5 Å². The lowest BCUT2D eigenvalue weighted by molar-refractivity contribution is -0.137. The molecule has 1 saturated carbocycles. The molecular formula is C13H15NO5. The average molecular weight is 265 g/mol. The van der Waals surface area contributed by atoms with E-state index in [1.54, 1.807) is 0 Å². The summed E-state index contributed by atoms with van der Waals surface area (Å²) in [7, 11) is 0. The minimum atomic E-state index is -0.952. The molecule has 1 aromatic carbocycles. The van der Waals surface area contributed by atoms with Gasteiger partial charge in [-0.15, -0.1) is 0 Å². The van der Waals surface area contributed by atoms with Gasteiger partial charge in [0.1, 0.15) is 0 Å².